The van der Waals surface area contributed by atoms with Crippen LogP contribution in [0.4, 0.5) is 5.95 Å². The highest BCUT2D eigenvalue weighted by atomic mass is 35.5. The van der Waals surface area contributed by atoms with Crippen LogP contribution in [0.25, 0.3) is 22.3 Å². The molecule has 2 heterocycles. The zero-order valence-corrected chi connectivity index (χ0v) is 9.44. The van der Waals surface area contributed by atoms with E-state index in [1.54, 1.807) is 0 Å². The molecule has 6 heteroatoms. The van der Waals surface area contributed by atoms with Crippen LogP contribution in [-0.2, 0) is 0 Å². The number of benzene rings is 1. The molecule has 0 fully saturated rings. The minimum absolute atomic E-state index is 0.119. The first-order valence-electron chi connectivity index (χ1n) is 4.98. The zero-order chi connectivity index (χ0) is 11.8. The van der Waals surface area contributed by atoms with E-state index >= 15 is 0 Å². The highest BCUT2D eigenvalue weighted by Crippen LogP contribution is 2.29. The van der Waals surface area contributed by atoms with Crippen molar-refractivity contribution in [1.29, 1.82) is 0 Å². The number of aromatic amines is 1. The summed E-state index contributed by atoms with van der Waals surface area (Å²) < 4.78 is 0. The maximum absolute atomic E-state index is 6.07. The SMILES string of the molecule is Nc1nc(Cl)c2c(-c3ccccc3)[nH]nc2n1. The number of hydrogen-bond donors (Lipinski definition) is 2. The molecule has 0 spiro atoms. The standard InChI is InChI=1S/C11H8ClN5/c12-9-7-8(6-4-2-1-3-5-6)16-17-10(7)15-11(13)14-9/h1-5H,(H3,13,14,15,16,17). The molecule has 0 bridgehead atoms. The molecule has 17 heavy (non-hydrogen) atoms. The molecule has 0 saturated carbocycles. The maximum Gasteiger partial charge on any atom is 0.223 e. The molecule has 0 aliphatic rings. The minimum atomic E-state index is 0.119. The second-order valence-electron chi connectivity index (χ2n) is 3.54. The number of H-pyrrole nitrogens is 1. The number of fused-ring (bicyclic) bond motifs is 1. The van der Waals surface area contributed by atoms with Crippen LogP contribution in [0.3, 0.4) is 0 Å². The molecular weight excluding hydrogens is 238 g/mol. The number of nitrogens with two attached hydrogens (primary N) is 1. The lowest BCUT2D eigenvalue weighted by atomic mass is 10.1. The fraction of sp³-hybridized carbons (Fsp3) is 0. The Hall–Kier alpha value is -2.14. The molecule has 3 rings (SSSR count). The second kappa shape index (κ2) is 3.71. The van der Waals surface area contributed by atoms with E-state index in [1.165, 1.54) is 0 Å². The Labute approximate surface area is 102 Å². The van der Waals surface area contributed by atoms with Crippen LogP contribution in [0.1, 0.15) is 0 Å². The van der Waals surface area contributed by atoms with E-state index in [4.69, 9.17) is 17.3 Å². The molecule has 5 nitrogen and oxygen atoms in total. The highest BCUT2D eigenvalue weighted by Gasteiger charge is 2.13. The minimum Gasteiger partial charge on any atom is -0.368 e. The van der Waals surface area contributed by atoms with Crippen molar-refractivity contribution < 1.29 is 0 Å². The van der Waals surface area contributed by atoms with Gasteiger partial charge < -0.3 is 5.73 Å². The summed E-state index contributed by atoms with van der Waals surface area (Å²) >= 11 is 6.07. The van der Waals surface area contributed by atoms with Gasteiger partial charge in [-0.2, -0.15) is 10.1 Å². The van der Waals surface area contributed by atoms with Crippen LogP contribution in [0.5, 0.6) is 0 Å². The summed E-state index contributed by atoms with van der Waals surface area (Å²) in [4.78, 5) is 7.95. The van der Waals surface area contributed by atoms with Crippen LogP contribution >= 0.6 is 11.6 Å². The van der Waals surface area contributed by atoms with Gasteiger partial charge in [-0.15, -0.1) is 0 Å². The third-order valence-electron chi connectivity index (χ3n) is 2.45. The molecule has 1 aromatic carbocycles. The van der Waals surface area contributed by atoms with Gasteiger partial charge in [0, 0.05) is 5.56 Å². The maximum atomic E-state index is 6.07. The normalized spacial score (nSPS) is 10.9. The van der Waals surface area contributed by atoms with E-state index in [0.29, 0.717) is 16.2 Å². The molecule has 0 amide bonds. The third-order valence-corrected chi connectivity index (χ3v) is 2.72. The number of anilines is 1. The van der Waals surface area contributed by atoms with Gasteiger partial charge in [-0.3, -0.25) is 5.10 Å². The van der Waals surface area contributed by atoms with Crippen molar-refractivity contribution in [3.8, 4) is 11.3 Å². The summed E-state index contributed by atoms with van der Waals surface area (Å²) in [5.41, 5.74) is 7.76. The van der Waals surface area contributed by atoms with Gasteiger partial charge in [0.15, 0.2) is 5.65 Å². The van der Waals surface area contributed by atoms with Gasteiger partial charge in [-0.1, -0.05) is 41.9 Å². The Morgan fingerprint density at radius 1 is 1.12 bits per heavy atom. The summed E-state index contributed by atoms with van der Waals surface area (Å²) in [6.07, 6.45) is 0. The van der Waals surface area contributed by atoms with Crippen LogP contribution < -0.4 is 5.73 Å². The summed E-state index contributed by atoms with van der Waals surface area (Å²) in [5, 5.41) is 7.97. The van der Waals surface area contributed by atoms with Crippen molar-refractivity contribution in [3.63, 3.8) is 0 Å². The summed E-state index contributed by atoms with van der Waals surface area (Å²) in [5.74, 6) is 0.119. The number of halogens is 1. The van der Waals surface area contributed by atoms with Crippen LogP contribution in [-0.4, -0.2) is 20.2 Å². The first-order valence-corrected chi connectivity index (χ1v) is 5.36. The van der Waals surface area contributed by atoms with Gasteiger partial charge in [-0.05, 0) is 0 Å². The van der Waals surface area contributed by atoms with Crippen molar-refractivity contribution in [2.45, 2.75) is 0 Å². The largest absolute Gasteiger partial charge is 0.368 e. The fourth-order valence-corrected chi connectivity index (χ4v) is 1.98. The average molecular weight is 246 g/mol. The fourth-order valence-electron chi connectivity index (χ4n) is 1.71. The molecule has 0 radical (unpaired) electrons. The lowest BCUT2D eigenvalue weighted by Gasteiger charge is -1.99. The van der Waals surface area contributed by atoms with E-state index < -0.39 is 0 Å². The van der Waals surface area contributed by atoms with Crippen LogP contribution in [0.15, 0.2) is 30.3 Å². The highest BCUT2D eigenvalue weighted by molar-refractivity contribution is 6.35. The molecule has 2 aromatic heterocycles. The number of hydrogen-bond acceptors (Lipinski definition) is 4. The number of aromatic nitrogens is 4. The quantitative estimate of drug-likeness (QED) is 0.645. The predicted molar refractivity (Wildman–Crippen MR) is 66.5 cm³/mol. The Bertz CT molecular complexity index is 677. The Morgan fingerprint density at radius 3 is 2.65 bits per heavy atom. The van der Waals surface area contributed by atoms with Crippen LogP contribution in [0.2, 0.25) is 5.15 Å². The number of nitrogen functional groups attached to an aromatic ring is 1. The molecule has 3 N–H and O–H groups in total. The summed E-state index contributed by atoms with van der Waals surface area (Å²) in [6.45, 7) is 0. The zero-order valence-electron chi connectivity index (χ0n) is 8.68. The molecule has 0 unspecified atom stereocenters. The summed E-state index contributed by atoms with van der Waals surface area (Å²) in [6, 6.07) is 9.74. The Morgan fingerprint density at radius 2 is 1.88 bits per heavy atom. The van der Waals surface area contributed by atoms with Gasteiger partial charge in [0.05, 0.1) is 11.1 Å². The molecule has 0 aliphatic carbocycles. The number of nitrogens with zero attached hydrogens (tertiary/aromatic N) is 3. The Kier molecular flexibility index (Phi) is 2.19. The molecular formula is C11H8ClN5. The van der Waals surface area contributed by atoms with Crippen LogP contribution in [0, 0.1) is 0 Å². The van der Waals surface area contributed by atoms with Crippen molar-refractivity contribution in [2.75, 3.05) is 5.73 Å². The van der Waals surface area contributed by atoms with E-state index in [1.807, 2.05) is 30.3 Å². The lowest BCUT2D eigenvalue weighted by molar-refractivity contribution is 1.10. The van der Waals surface area contributed by atoms with Gasteiger partial charge in [0.25, 0.3) is 0 Å². The first-order chi connectivity index (χ1) is 8.25. The van der Waals surface area contributed by atoms with Crippen molar-refractivity contribution in [2.24, 2.45) is 0 Å². The Balaban J connectivity index is 2.32. The second-order valence-corrected chi connectivity index (χ2v) is 3.89. The van der Waals surface area contributed by atoms with E-state index in [2.05, 4.69) is 20.2 Å². The molecule has 0 aliphatic heterocycles. The molecule has 0 atom stereocenters. The lowest BCUT2D eigenvalue weighted by Crippen LogP contribution is -1.95. The van der Waals surface area contributed by atoms with Crippen molar-refractivity contribution in [1.82, 2.24) is 20.2 Å². The van der Waals surface area contributed by atoms with E-state index in [-0.39, 0.29) is 5.95 Å². The molecule has 84 valence electrons. The third kappa shape index (κ3) is 1.60. The molecule has 0 saturated heterocycles. The number of rotatable bonds is 1. The average Bonchev–Trinajstić information content (AvgIpc) is 2.74. The monoisotopic (exact) mass is 245 g/mol. The van der Waals surface area contributed by atoms with Crippen molar-refractivity contribution >= 4 is 28.6 Å². The smallest absolute Gasteiger partial charge is 0.223 e. The topological polar surface area (TPSA) is 80.5 Å². The van der Waals surface area contributed by atoms with Gasteiger partial charge >= 0.3 is 0 Å². The van der Waals surface area contributed by atoms with Crippen molar-refractivity contribution in [3.05, 3.63) is 35.5 Å². The van der Waals surface area contributed by atoms with Gasteiger partial charge in [-0.25, -0.2) is 4.98 Å². The van der Waals surface area contributed by atoms with E-state index in [0.717, 1.165) is 11.3 Å². The molecule has 3 aromatic rings. The van der Waals surface area contributed by atoms with E-state index in [9.17, 15) is 0 Å². The number of nitrogens with one attached hydrogen (secondary N) is 1. The van der Waals surface area contributed by atoms with Gasteiger partial charge in [0.1, 0.15) is 5.15 Å². The van der Waals surface area contributed by atoms with Gasteiger partial charge in [0.2, 0.25) is 5.95 Å². The summed E-state index contributed by atoms with van der Waals surface area (Å²) in [7, 11) is 0. The predicted octanol–water partition coefficient (Wildman–Crippen LogP) is 2.26. The first kappa shape index (κ1) is 10.0.